The molecule has 0 saturated heterocycles. The number of amides is 1. The number of carbonyl (C=O) groups excluding carboxylic acids is 2. The summed E-state index contributed by atoms with van der Waals surface area (Å²) in [7, 11) is 0. The van der Waals surface area contributed by atoms with E-state index >= 15 is 0 Å². The van der Waals surface area contributed by atoms with Crippen molar-refractivity contribution in [2.24, 2.45) is 0 Å². The lowest BCUT2D eigenvalue weighted by atomic mass is 10.0. The fourth-order valence-electron chi connectivity index (χ4n) is 1.55. The monoisotopic (exact) mass is 258 g/mol. The topological polar surface area (TPSA) is 70.0 Å². The van der Waals surface area contributed by atoms with Crippen LogP contribution in [0.4, 0.5) is 0 Å². The van der Waals surface area contributed by atoms with Gasteiger partial charge in [-0.15, -0.1) is 0 Å². The van der Waals surface area contributed by atoms with Crippen LogP contribution < -0.4 is 5.32 Å². The Morgan fingerprint density at radius 2 is 1.79 bits per heavy atom. The number of rotatable bonds is 5. The highest BCUT2D eigenvalue weighted by molar-refractivity contribution is 5.98. The predicted octanol–water partition coefficient (Wildman–Crippen LogP) is 2.38. The Morgan fingerprint density at radius 1 is 1.21 bits per heavy atom. The van der Waals surface area contributed by atoms with Gasteiger partial charge in [-0.3, -0.25) is 9.59 Å². The summed E-state index contributed by atoms with van der Waals surface area (Å²) in [6.07, 6.45) is 0.244. The van der Waals surface area contributed by atoms with Crippen molar-refractivity contribution >= 4 is 11.7 Å². The van der Waals surface area contributed by atoms with E-state index in [2.05, 4.69) is 5.32 Å². The molecule has 0 aliphatic carbocycles. The second kappa shape index (κ2) is 6.14. The minimum Gasteiger partial charge on any atom is -0.338 e. The fourth-order valence-corrected chi connectivity index (χ4v) is 1.55. The van der Waals surface area contributed by atoms with Gasteiger partial charge in [0.25, 0.3) is 0 Å². The highest BCUT2D eigenvalue weighted by atomic mass is 16.2. The highest BCUT2D eigenvalue weighted by Gasteiger charge is 2.19. The molecule has 0 spiro atoms. The van der Waals surface area contributed by atoms with Crippen LogP contribution in [0.2, 0.25) is 0 Å². The van der Waals surface area contributed by atoms with Crippen molar-refractivity contribution in [3.8, 4) is 6.07 Å². The van der Waals surface area contributed by atoms with Gasteiger partial charge in [-0.25, -0.2) is 0 Å². The van der Waals surface area contributed by atoms with E-state index in [1.165, 1.54) is 0 Å². The summed E-state index contributed by atoms with van der Waals surface area (Å²) in [5.41, 5.74) is 0.798. The fraction of sp³-hybridized carbons (Fsp3) is 0.400. The number of nitrogens with zero attached hydrogens (tertiary/aromatic N) is 1. The summed E-state index contributed by atoms with van der Waals surface area (Å²) in [6, 6.07) is 9.23. The Balaban J connectivity index is 2.49. The van der Waals surface area contributed by atoms with E-state index in [0.717, 1.165) is 5.56 Å². The number of ketones is 1. The van der Waals surface area contributed by atoms with E-state index in [0.29, 0.717) is 5.56 Å². The number of hydrogen-bond acceptors (Lipinski definition) is 3. The first-order valence-corrected chi connectivity index (χ1v) is 6.16. The maximum Gasteiger partial charge on any atom is 0.221 e. The van der Waals surface area contributed by atoms with Gasteiger partial charge in [0.1, 0.15) is 5.54 Å². The zero-order valence-electron chi connectivity index (χ0n) is 11.5. The van der Waals surface area contributed by atoms with Crippen molar-refractivity contribution in [3.63, 3.8) is 0 Å². The average Bonchev–Trinajstić information content (AvgIpc) is 2.36. The van der Waals surface area contributed by atoms with Crippen molar-refractivity contribution in [1.29, 1.82) is 5.26 Å². The lowest BCUT2D eigenvalue weighted by Gasteiger charge is -2.17. The quantitative estimate of drug-likeness (QED) is 0.824. The molecule has 1 aromatic rings. The van der Waals surface area contributed by atoms with Crippen LogP contribution in [0.3, 0.4) is 0 Å². The number of aryl methyl sites for hydroxylation is 1. The first-order valence-electron chi connectivity index (χ1n) is 6.16. The number of carbonyl (C=O) groups is 2. The molecule has 100 valence electrons. The summed E-state index contributed by atoms with van der Waals surface area (Å²) >= 11 is 0. The van der Waals surface area contributed by atoms with Crippen LogP contribution in [0.1, 0.15) is 42.6 Å². The molecule has 0 aliphatic rings. The molecule has 0 heterocycles. The molecule has 4 heteroatoms. The summed E-state index contributed by atoms with van der Waals surface area (Å²) < 4.78 is 0. The molecule has 0 aromatic heterocycles. The van der Waals surface area contributed by atoms with Crippen LogP contribution in [0.15, 0.2) is 24.3 Å². The normalized spacial score (nSPS) is 10.6. The zero-order chi connectivity index (χ0) is 14.5. The van der Waals surface area contributed by atoms with Gasteiger partial charge in [-0.05, 0) is 20.8 Å². The number of benzene rings is 1. The third kappa shape index (κ3) is 4.92. The summed E-state index contributed by atoms with van der Waals surface area (Å²) in [5, 5.41) is 11.4. The minimum absolute atomic E-state index is 0.0649. The third-order valence-electron chi connectivity index (χ3n) is 2.68. The largest absolute Gasteiger partial charge is 0.338 e. The van der Waals surface area contributed by atoms with E-state index in [1.807, 2.05) is 25.1 Å². The molecular weight excluding hydrogens is 240 g/mol. The Bertz CT molecular complexity index is 510. The molecule has 1 rings (SSSR count). The second-order valence-corrected chi connectivity index (χ2v) is 5.07. The molecule has 0 fully saturated rings. The van der Waals surface area contributed by atoms with E-state index in [4.69, 9.17) is 5.26 Å². The van der Waals surface area contributed by atoms with Gasteiger partial charge < -0.3 is 5.32 Å². The molecule has 1 amide bonds. The van der Waals surface area contributed by atoms with E-state index < -0.39 is 5.54 Å². The summed E-state index contributed by atoms with van der Waals surface area (Å²) in [5.74, 6) is -0.350. The van der Waals surface area contributed by atoms with Crippen LogP contribution in [0.25, 0.3) is 0 Å². The smallest absolute Gasteiger partial charge is 0.221 e. The summed E-state index contributed by atoms with van der Waals surface area (Å²) in [6.45, 7) is 5.19. The Morgan fingerprint density at radius 3 is 2.32 bits per heavy atom. The zero-order valence-corrected chi connectivity index (χ0v) is 11.5. The van der Waals surface area contributed by atoms with E-state index in [9.17, 15) is 9.59 Å². The van der Waals surface area contributed by atoms with Crippen LogP contribution in [-0.2, 0) is 4.79 Å². The van der Waals surface area contributed by atoms with Gasteiger partial charge in [-0.2, -0.15) is 5.26 Å². The van der Waals surface area contributed by atoms with Crippen LogP contribution in [-0.4, -0.2) is 17.2 Å². The maximum atomic E-state index is 11.9. The first kappa shape index (κ1) is 14.9. The van der Waals surface area contributed by atoms with Crippen molar-refractivity contribution in [3.05, 3.63) is 35.4 Å². The van der Waals surface area contributed by atoms with Crippen molar-refractivity contribution in [1.82, 2.24) is 5.32 Å². The molecule has 0 bridgehead atoms. The van der Waals surface area contributed by atoms with Gasteiger partial charge in [0.15, 0.2) is 5.78 Å². The predicted molar refractivity (Wildman–Crippen MR) is 72.6 cm³/mol. The number of hydrogen-bond donors (Lipinski definition) is 1. The van der Waals surface area contributed by atoms with Gasteiger partial charge in [0.2, 0.25) is 5.91 Å². The number of nitrogens with one attached hydrogen (secondary N) is 1. The van der Waals surface area contributed by atoms with Crippen molar-refractivity contribution in [2.45, 2.75) is 39.2 Å². The average molecular weight is 258 g/mol. The lowest BCUT2D eigenvalue weighted by Crippen LogP contribution is -2.42. The first-order chi connectivity index (χ1) is 8.84. The minimum atomic E-state index is -0.899. The Kier molecular flexibility index (Phi) is 4.82. The molecular formula is C15H18N2O2. The summed E-state index contributed by atoms with van der Waals surface area (Å²) in [4.78, 5) is 23.4. The highest BCUT2D eigenvalue weighted by Crippen LogP contribution is 2.08. The Hall–Kier alpha value is -2.15. The molecule has 0 aliphatic heterocycles. The van der Waals surface area contributed by atoms with Crippen LogP contribution >= 0.6 is 0 Å². The van der Waals surface area contributed by atoms with Gasteiger partial charge in [0.05, 0.1) is 6.07 Å². The Labute approximate surface area is 113 Å². The van der Waals surface area contributed by atoms with Crippen molar-refractivity contribution in [2.75, 3.05) is 0 Å². The van der Waals surface area contributed by atoms with Gasteiger partial charge >= 0.3 is 0 Å². The van der Waals surface area contributed by atoms with Gasteiger partial charge in [0, 0.05) is 18.4 Å². The molecule has 4 nitrogen and oxygen atoms in total. The molecule has 0 unspecified atom stereocenters. The number of Topliss-reactive ketones (excluding diaryl/α,β-unsaturated/α-hetero) is 1. The third-order valence-corrected chi connectivity index (χ3v) is 2.68. The molecule has 0 saturated carbocycles. The lowest BCUT2D eigenvalue weighted by molar-refractivity contribution is -0.122. The standard InChI is InChI=1S/C15H18N2O2/c1-11-4-6-12(7-5-11)13(18)8-9-14(19)17-15(2,3)10-16/h4-7H,8-9H2,1-3H3,(H,17,19). The van der Waals surface area contributed by atoms with Gasteiger partial charge in [-0.1, -0.05) is 29.8 Å². The molecule has 1 aromatic carbocycles. The van der Waals surface area contributed by atoms with E-state index in [1.54, 1.807) is 26.0 Å². The number of nitriles is 1. The molecule has 0 radical (unpaired) electrons. The second-order valence-electron chi connectivity index (χ2n) is 5.07. The molecule has 19 heavy (non-hydrogen) atoms. The maximum absolute atomic E-state index is 11.9. The van der Waals surface area contributed by atoms with Crippen molar-refractivity contribution < 1.29 is 9.59 Å². The van der Waals surface area contributed by atoms with Crippen LogP contribution in [0, 0.1) is 18.3 Å². The van der Waals surface area contributed by atoms with E-state index in [-0.39, 0.29) is 24.5 Å². The molecule has 1 N–H and O–H groups in total. The van der Waals surface area contributed by atoms with Crippen LogP contribution in [0.5, 0.6) is 0 Å². The molecule has 0 atom stereocenters. The SMILES string of the molecule is Cc1ccc(C(=O)CCC(=O)NC(C)(C)C#N)cc1.